The lowest BCUT2D eigenvalue weighted by atomic mass is 9.74. The van der Waals surface area contributed by atoms with Gasteiger partial charge in [0, 0.05) is 5.56 Å². The summed E-state index contributed by atoms with van der Waals surface area (Å²) >= 11 is 0. The van der Waals surface area contributed by atoms with Crippen LogP contribution in [0.15, 0.2) is 243 Å². The molecule has 5 nitrogen and oxygen atoms in total. The standard InChI is InChI=1S/C61H42O5/c62-48-33-37-50(38-34-48)65-52-27-16-28-53(66-51-39-35-49(63)36-40-51)60(52)61(64)47-31-29-46(30-32-47)59-57(44-23-12-4-13-24-44)55(42-19-8-2-9-20-42)54(41-17-6-1-7-18-41)56(43-21-10-3-11-22-43)58(59)45-25-14-5-15-26-45/h1-40,62-63H. The fourth-order valence-electron chi connectivity index (χ4n) is 8.63. The lowest BCUT2D eigenvalue weighted by Gasteiger charge is -2.28. The molecule has 0 aliphatic carbocycles. The van der Waals surface area contributed by atoms with Gasteiger partial charge in [-0.05, 0) is 127 Å². The van der Waals surface area contributed by atoms with Crippen LogP contribution in [0.1, 0.15) is 15.9 Å². The molecule has 0 saturated heterocycles. The molecule has 0 amide bonds. The molecule has 0 aromatic heterocycles. The molecule has 0 aliphatic heterocycles. The van der Waals surface area contributed by atoms with Crippen molar-refractivity contribution < 1.29 is 24.5 Å². The van der Waals surface area contributed by atoms with Crippen LogP contribution in [0.4, 0.5) is 0 Å². The number of phenols is 2. The van der Waals surface area contributed by atoms with Crippen LogP contribution in [0.3, 0.4) is 0 Å². The number of benzene rings is 10. The van der Waals surface area contributed by atoms with E-state index in [2.05, 4.69) is 140 Å². The first kappa shape index (κ1) is 41.1. The molecule has 0 bridgehead atoms. The fraction of sp³-hybridized carbons (Fsp3) is 0. The van der Waals surface area contributed by atoms with Crippen molar-refractivity contribution in [2.24, 2.45) is 0 Å². The average Bonchev–Trinajstić information content (AvgIpc) is 3.38. The fourth-order valence-corrected chi connectivity index (χ4v) is 8.63. The van der Waals surface area contributed by atoms with Gasteiger partial charge in [-0.25, -0.2) is 0 Å². The summed E-state index contributed by atoms with van der Waals surface area (Å²) in [4.78, 5) is 15.0. The predicted molar refractivity (Wildman–Crippen MR) is 265 cm³/mol. The van der Waals surface area contributed by atoms with Crippen molar-refractivity contribution in [2.45, 2.75) is 0 Å². The van der Waals surface area contributed by atoms with Gasteiger partial charge in [0.1, 0.15) is 40.1 Å². The van der Waals surface area contributed by atoms with Gasteiger partial charge in [-0.2, -0.15) is 0 Å². The highest BCUT2D eigenvalue weighted by Crippen LogP contribution is 2.56. The molecule has 0 saturated carbocycles. The van der Waals surface area contributed by atoms with E-state index >= 15 is 4.79 Å². The van der Waals surface area contributed by atoms with Gasteiger partial charge in [0.2, 0.25) is 5.78 Å². The highest BCUT2D eigenvalue weighted by molar-refractivity contribution is 6.16. The van der Waals surface area contributed by atoms with Gasteiger partial charge in [0.15, 0.2) is 0 Å². The Morgan fingerprint density at radius 2 is 0.561 bits per heavy atom. The number of rotatable bonds is 12. The molecule has 316 valence electrons. The lowest BCUT2D eigenvalue weighted by Crippen LogP contribution is -2.06. The maximum Gasteiger partial charge on any atom is 0.200 e. The van der Waals surface area contributed by atoms with E-state index in [1.54, 1.807) is 42.5 Å². The van der Waals surface area contributed by atoms with Crippen LogP contribution < -0.4 is 9.47 Å². The van der Waals surface area contributed by atoms with E-state index in [9.17, 15) is 10.2 Å². The summed E-state index contributed by atoms with van der Waals surface area (Å²) in [6.45, 7) is 0. The molecule has 0 heterocycles. The third-order valence-electron chi connectivity index (χ3n) is 11.6. The molecule has 10 aromatic rings. The van der Waals surface area contributed by atoms with Gasteiger partial charge in [-0.1, -0.05) is 182 Å². The van der Waals surface area contributed by atoms with E-state index in [4.69, 9.17) is 9.47 Å². The summed E-state index contributed by atoms with van der Waals surface area (Å²) in [6, 6.07) is 78.7. The normalized spacial score (nSPS) is 10.9. The predicted octanol–water partition coefficient (Wildman–Crippen LogP) is 15.9. The van der Waals surface area contributed by atoms with Gasteiger partial charge in [-0.3, -0.25) is 4.79 Å². The number of carbonyl (C=O) groups excluding carboxylic acids is 1. The van der Waals surface area contributed by atoms with E-state index < -0.39 is 0 Å². The summed E-state index contributed by atoms with van der Waals surface area (Å²) < 4.78 is 12.7. The minimum absolute atomic E-state index is 0.0930. The monoisotopic (exact) mass is 854 g/mol. The molecule has 0 atom stereocenters. The molecular formula is C61H42O5. The first-order chi connectivity index (χ1) is 32.5. The van der Waals surface area contributed by atoms with Crippen LogP contribution in [0.25, 0.3) is 66.8 Å². The van der Waals surface area contributed by atoms with Crippen molar-refractivity contribution in [2.75, 3.05) is 0 Å². The second-order valence-electron chi connectivity index (χ2n) is 15.8. The second-order valence-corrected chi connectivity index (χ2v) is 15.8. The Labute approximate surface area is 383 Å². The highest BCUT2D eigenvalue weighted by Gasteiger charge is 2.29. The van der Waals surface area contributed by atoms with E-state index in [1.165, 1.54) is 24.3 Å². The Bertz CT molecular complexity index is 3090. The van der Waals surface area contributed by atoms with Crippen LogP contribution in [0.2, 0.25) is 0 Å². The second kappa shape index (κ2) is 18.4. The van der Waals surface area contributed by atoms with E-state index in [1.807, 2.05) is 36.4 Å². The maximum absolute atomic E-state index is 15.0. The van der Waals surface area contributed by atoms with E-state index in [0.717, 1.165) is 66.8 Å². The van der Waals surface area contributed by atoms with Gasteiger partial charge in [0.05, 0.1) is 0 Å². The van der Waals surface area contributed by atoms with Crippen molar-refractivity contribution in [1.29, 1.82) is 0 Å². The Kier molecular flexibility index (Phi) is 11.5. The van der Waals surface area contributed by atoms with Gasteiger partial charge >= 0.3 is 0 Å². The van der Waals surface area contributed by atoms with Crippen LogP contribution >= 0.6 is 0 Å². The summed E-state index contributed by atoms with van der Waals surface area (Å²) in [5, 5.41) is 20.0. The Balaban J connectivity index is 1.23. The van der Waals surface area contributed by atoms with Crippen molar-refractivity contribution >= 4 is 5.78 Å². The smallest absolute Gasteiger partial charge is 0.200 e. The third kappa shape index (κ3) is 8.32. The number of aromatic hydroxyl groups is 2. The largest absolute Gasteiger partial charge is 0.508 e. The molecule has 5 heteroatoms. The SMILES string of the molecule is O=C(c1ccc(-c2c(-c3ccccc3)c(-c3ccccc3)c(-c3ccccc3)c(-c3ccccc3)c2-c2ccccc2)cc1)c1c(Oc2ccc(O)cc2)cccc1Oc1ccc(O)cc1. The zero-order valence-electron chi connectivity index (χ0n) is 35.7. The van der Waals surface area contributed by atoms with E-state index in [0.29, 0.717) is 17.1 Å². The molecule has 0 spiro atoms. The maximum atomic E-state index is 15.0. The average molecular weight is 855 g/mol. The summed E-state index contributed by atoms with van der Waals surface area (Å²) in [5.41, 5.74) is 13.4. The number of ketones is 1. The zero-order valence-corrected chi connectivity index (χ0v) is 35.7. The van der Waals surface area contributed by atoms with Crippen LogP contribution in [-0.2, 0) is 0 Å². The molecule has 10 rings (SSSR count). The molecule has 66 heavy (non-hydrogen) atoms. The minimum Gasteiger partial charge on any atom is -0.508 e. The molecule has 0 fully saturated rings. The first-order valence-corrected chi connectivity index (χ1v) is 21.7. The molecular weight excluding hydrogens is 813 g/mol. The quantitative estimate of drug-likeness (QED) is 0.120. The molecule has 0 aliphatic rings. The number of hydrogen-bond donors (Lipinski definition) is 2. The topological polar surface area (TPSA) is 76.0 Å². The van der Waals surface area contributed by atoms with E-state index in [-0.39, 0.29) is 34.3 Å². The van der Waals surface area contributed by atoms with Crippen molar-refractivity contribution in [3.8, 4) is 101 Å². The van der Waals surface area contributed by atoms with Crippen molar-refractivity contribution in [3.05, 3.63) is 254 Å². The van der Waals surface area contributed by atoms with Crippen molar-refractivity contribution in [1.82, 2.24) is 0 Å². The number of hydrogen-bond acceptors (Lipinski definition) is 5. The zero-order chi connectivity index (χ0) is 44.8. The van der Waals surface area contributed by atoms with Crippen LogP contribution in [0.5, 0.6) is 34.5 Å². The summed E-state index contributed by atoms with van der Waals surface area (Å²) in [7, 11) is 0. The number of ether oxygens (including phenoxy) is 2. The van der Waals surface area contributed by atoms with Gasteiger partial charge in [-0.15, -0.1) is 0 Å². The Morgan fingerprint density at radius 3 is 0.848 bits per heavy atom. The third-order valence-corrected chi connectivity index (χ3v) is 11.6. The molecule has 2 N–H and O–H groups in total. The molecule has 0 radical (unpaired) electrons. The molecule has 10 aromatic carbocycles. The van der Waals surface area contributed by atoms with Crippen LogP contribution in [-0.4, -0.2) is 16.0 Å². The summed E-state index contributed by atoms with van der Waals surface area (Å²) in [5.74, 6) is 1.30. The molecule has 0 unspecified atom stereocenters. The highest BCUT2D eigenvalue weighted by atomic mass is 16.5. The first-order valence-electron chi connectivity index (χ1n) is 21.7. The lowest BCUT2D eigenvalue weighted by molar-refractivity contribution is 0.103. The Morgan fingerprint density at radius 1 is 0.288 bits per heavy atom. The summed E-state index contributed by atoms with van der Waals surface area (Å²) in [6.07, 6.45) is 0. The minimum atomic E-state index is -0.314. The Hall–Kier alpha value is -8.93. The van der Waals surface area contributed by atoms with Crippen LogP contribution in [0, 0.1) is 0 Å². The number of phenolic OH excluding ortho intramolecular Hbond substituents is 2. The number of carbonyl (C=O) groups is 1. The van der Waals surface area contributed by atoms with Gasteiger partial charge < -0.3 is 19.7 Å². The van der Waals surface area contributed by atoms with Crippen molar-refractivity contribution in [3.63, 3.8) is 0 Å². The van der Waals surface area contributed by atoms with Gasteiger partial charge in [0.25, 0.3) is 0 Å².